The van der Waals surface area contributed by atoms with Crippen LogP contribution in [0.3, 0.4) is 0 Å². The molecule has 29 heavy (non-hydrogen) atoms. The van der Waals surface area contributed by atoms with E-state index in [1.165, 1.54) is 0 Å². The number of nitrogens with one attached hydrogen (secondary N) is 2. The smallest absolute Gasteiger partial charge is 0.229 e. The number of benzene rings is 3. The van der Waals surface area contributed by atoms with Crippen molar-refractivity contribution >= 4 is 39.7 Å². The first-order valence-electron chi connectivity index (χ1n) is 9.34. The van der Waals surface area contributed by atoms with Crippen LogP contribution in [0, 0.1) is 0 Å². The highest BCUT2D eigenvalue weighted by atomic mass is 16.5. The van der Waals surface area contributed by atoms with Crippen molar-refractivity contribution in [3.05, 3.63) is 72.8 Å². The Morgan fingerprint density at radius 2 is 1.41 bits per heavy atom. The van der Waals surface area contributed by atoms with E-state index in [1.807, 2.05) is 74.8 Å². The number of hydrogen-bond acceptors (Lipinski definition) is 6. The van der Waals surface area contributed by atoms with Crippen molar-refractivity contribution in [1.29, 1.82) is 0 Å². The van der Waals surface area contributed by atoms with Gasteiger partial charge in [-0.2, -0.15) is 4.98 Å². The summed E-state index contributed by atoms with van der Waals surface area (Å²) in [6.45, 7) is 0. The van der Waals surface area contributed by atoms with E-state index in [0.717, 1.165) is 39.5 Å². The lowest BCUT2D eigenvalue weighted by Gasteiger charge is -2.14. The van der Waals surface area contributed by atoms with E-state index in [1.54, 1.807) is 7.11 Å². The average molecular weight is 385 g/mol. The SMILES string of the molecule is COc1ccc(Nc2nc(Nc3ccc(N(C)C)cc3)nc3ccccc23)cc1. The van der Waals surface area contributed by atoms with Crippen LogP contribution in [0.4, 0.5) is 28.8 Å². The second kappa shape index (κ2) is 8.06. The van der Waals surface area contributed by atoms with E-state index in [2.05, 4.69) is 32.7 Å². The number of nitrogens with zero attached hydrogens (tertiary/aromatic N) is 3. The molecule has 0 aliphatic carbocycles. The second-order valence-electron chi connectivity index (χ2n) is 6.83. The molecule has 1 aromatic heterocycles. The maximum atomic E-state index is 5.23. The molecule has 0 fully saturated rings. The third kappa shape index (κ3) is 4.21. The van der Waals surface area contributed by atoms with Gasteiger partial charge in [0.05, 0.1) is 12.6 Å². The van der Waals surface area contributed by atoms with Crippen molar-refractivity contribution in [1.82, 2.24) is 9.97 Å². The minimum absolute atomic E-state index is 0.539. The Kier molecular flexibility index (Phi) is 5.16. The van der Waals surface area contributed by atoms with Gasteiger partial charge in [-0.15, -0.1) is 0 Å². The molecule has 0 atom stereocenters. The molecule has 0 unspecified atom stereocenters. The van der Waals surface area contributed by atoms with E-state index >= 15 is 0 Å². The normalized spacial score (nSPS) is 10.6. The molecule has 3 aromatic carbocycles. The minimum atomic E-state index is 0.539. The van der Waals surface area contributed by atoms with Gasteiger partial charge in [-0.25, -0.2) is 4.98 Å². The zero-order valence-electron chi connectivity index (χ0n) is 16.7. The molecule has 4 aromatic rings. The number of fused-ring (bicyclic) bond motifs is 1. The molecule has 0 amide bonds. The summed E-state index contributed by atoms with van der Waals surface area (Å²) in [5, 5.41) is 7.66. The fraction of sp³-hybridized carbons (Fsp3) is 0.130. The number of anilines is 5. The first-order valence-corrected chi connectivity index (χ1v) is 9.34. The zero-order chi connectivity index (χ0) is 20.2. The fourth-order valence-electron chi connectivity index (χ4n) is 3.01. The summed E-state index contributed by atoms with van der Waals surface area (Å²) < 4.78 is 5.23. The van der Waals surface area contributed by atoms with Gasteiger partial charge in [-0.05, 0) is 60.7 Å². The molecule has 0 bridgehead atoms. The highest BCUT2D eigenvalue weighted by Crippen LogP contribution is 2.27. The predicted octanol–water partition coefficient (Wildman–Crippen LogP) is 5.19. The van der Waals surface area contributed by atoms with Crippen molar-refractivity contribution in [2.75, 3.05) is 36.7 Å². The molecule has 0 radical (unpaired) electrons. The maximum Gasteiger partial charge on any atom is 0.229 e. The van der Waals surface area contributed by atoms with Crippen LogP contribution < -0.4 is 20.3 Å². The standard InChI is InChI=1S/C23H23N5O/c1-28(2)18-12-8-17(9-13-18)25-23-26-21-7-5-4-6-20(21)22(27-23)24-16-10-14-19(29-3)15-11-16/h4-15H,1-3H3,(H2,24,25,26,27). The van der Waals surface area contributed by atoms with Gasteiger partial charge < -0.3 is 20.3 Å². The third-order valence-electron chi connectivity index (χ3n) is 4.60. The monoisotopic (exact) mass is 385 g/mol. The molecule has 2 N–H and O–H groups in total. The fourth-order valence-corrected chi connectivity index (χ4v) is 3.01. The van der Waals surface area contributed by atoms with Gasteiger partial charge in [0.25, 0.3) is 0 Å². The molecule has 1 heterocycles. The summed E-state index contributed by atoms with van der Waals surface area (Å²) in [5.41, 5.74) is 3.86. The molecule has 0 saturated heterocycles. The van der Waals surface area contributed by atoms with Crippen LogP contribution in [0.2, 0.25) is 0 Å². The number of ether oxygens (including phenoxy) is 1. The van der Waals surface area contributed by atoms with E-state index < -0.39 is 0 Å². The number of rotatable bonds is 6. The van der Waals surface area contributed by atoms with Crippen molar-refractivity contribution in [3.63, 3.8) is 0 Å². The highest BCUT2D eigenvalue weighted by molar-refractivity contribution is 5.92. The third-order valence-corrected chi connectivity index (χ3v) is 4.60. The van der Waals surface area contributed by atoms with Crippen molar-refractivity contribution in [2.45, 2.75) is 0 Å². The number of para-hydroxylation sites is 1. The first kappa shape index (κ1) is 18.6. The molecular weight excluding hydrogens is 362 g/mol. The van der Waals surface area contributed by atoms with Crippen LogP contribution >= 0.6 is 0 Å². The van der Waals surface area contributed by atoms with Crippen molar-refractivity contribution < 1.29 is 4.74 Å². The van der Waals surface area contributed by atoms with Gasteiger partial charge in [0.1, 0.15) is 11.6 Å². The molecule has 0 saturated carbocycles. The number of aromatic nitrogens is 2. The Labute approximate surface area is 170 Å². The van der Waals surface area contributed by atoms with Crippen LogP contribution in [0.1, 0.15) is 0 Å². The van der Waals surface area contributed by atoms with Crippen LogP contribution in [-0.2, 0) is 0 Å². The Hall–Kier alpha value is -3.80. The molecule has 6 nitrogen and oxygen atoms in total. The molecule has 0 spiro atoms. The molecule has 0 aliphatic rings. The van der Waals surface area contributed by atoms with Crippen LogP contribution in [0.25, 0.3) is 10.9 Å². The van der Waals surface area contributed by atoms with E-state index in [9.17, 15) is 0 Å². The maximum absolute atomic E-state index is 5.23. The summed E-state index contributed by atoms with van der Waals surface area (Å²) in [6, 6.07) is 23.8. The lowest BCUT2D eigenvalue weighted by molar-refractivity contribution is 0.415. The Morgan fingerprint density at radius 3 is 2.10 bits per heavy atom. The Balaban J connectivity index is 1.66. The van der Waals surface area contributed by atoms with Crippen molar-refractivity contribution in [2.24, 2.45) is 0 Å². The van der Waals surface area contributed by atoms with Gasteiger partial charge >= 0.3 is 0 Å². The van der Waals surface area contributed by atoms with E-state index in [0.29, 0.717) is 5.95 Å². The summed E-state index contributed by atoms with van der Waals surface area (Å²) in [4.78, 5) is 11.4. The molecule has 6 heteroatoms. The highest BCUT2D eigenvalue weighted by Gasteiger charge is 2.09. The topological polar surface area (TPSA) is 62.3 Å². The molecular formula is C23H23N5O. The lowest BCUT2D eigenvalue weighted by Crippen LogP contribution is -2.08. The Bertz CT molecular complexity index is 1110. The van der Waals surface area contributed by atoms with E-state index in [-0.39, 0.29) is 0 Å². The first-order chi connectivity index (χ1) is 14.1. The van der Waals surface area contributed by atoms with Crippen molar-refractivity contribution in [3.8, 4) is 5.75 Å². The lowest BCUT2D eigenvalue weighted by atomic mass is 10.2. The molecule has 146 valence electrons. The molecule has 0 aliphatic heterocycles. The predicted molar refractivity (Wildman–Crippen MR) is 120 cm³/mol. The van der Waals surface area contributed by atoms with Crippen LogP contribution in [0.15, 0.2) is 72.8 Å². The van der Waals surface area contributed by atoms with Gasteiger partial charge in [0.2, 0.25) is 5.95 Å². The molecule has 4 rings (SSSR count). The van der Waals surface area contributed by atoms with E-state index in [4.69, 9.17) is 9.72 Å². The second-order valence-corrected chi connectivity index (χ2v) is 6.83. The number of hydrogen-bond donors (Lipinski definition) is 2. The van der Waals surface area contributed by atoms with Gasteiger partial charge in [-0.1, -0.05) is 12.1 Å². The van der Waals surface area contributed by atoms with Crippen LogP contribution in [-0.4, -0.2) is 31.2 Å². The summed E-state index contributed by atoms with van der Waals surface area (Å²) in [5.74, 6) is 2.09. The average Bonchev–Trinajstić information content (AvgIpc) is 2.75. The summed E-state index contributed by atoms with van der Waals surface area (Å²) in [7, 11) is 5.70. The Morgan fingerprint density at radius 1 is 0.759 bits per heavy atom. The van der Waals surface area contributed by atoms with Crippen LogP contribution in [0.5, 0.6) is 5.75 Å². The quantitative estimate of drug-likeness (QED) is 0.476. The van der Waals surface area contributed by atoms with Gasteiger partial charge in [-0.3, -0.25) is 0 Å². The minimum Gasteiger partial charge on any atom is -0.497 e. The summed E-state index contributed by atoms with van der Waals surface area (Å²) in [6.07, 6.45) is 0. The largest absolute Gasteiger partial charge is 0.497 e. The number of methoxy groups -OCH3 is 1. The summed E-state index contributed by atoms with van der Waals surface area (Å²) >= 11 is 0. The van der Waals surface area contributed by atoms with Gasteiger partial charge in [0, 0.05) is 36.5 Å². The van der Waals surface area contributed by atoms with Gasteiger partial charge in [0.15, 0.2) is 0 Å². The zero-order valence-corrected chi connectivity index (χ0v) is 16.7.